The van der Waals surface area contributed by atoms with Gasteiger partial charge in [-0.25, -0.2) is 0 Å². The zero-order valence-corrected chi connectivity index (χ0v) is 13.3. The lowest BCUT2D eigenvalue weighted by Crippen LogP contribution is -2.37. The van der Waals surface area contributed by atoms with E-state index in [2.05, 4.69) is 57.0 Å². The van der Waals surface area contributed by atoms with Crippen LogP contribution in [0.15, 0.2) is 24.3 Å². The predicted octanol–water partition coefficient (Wildman–Crippen LogP) is 3.82. The van der Waals surface area contributed by atoms with Crippen LogP contribution in [0, 0.1) is 18.3 Å². The molecule has 0 bridgehead atoms. The van der Waals surface area contributed by atoms with Gasteiger partial charge >= 0.3 is 0 Å². The molecule has 0 heterocycles. The standard InChI is InChI=1S/C18H27NO/c1-14-7-5-6-8-15(14)12-19(4)13-16-11-18(2,3)10-9-17(16)20/h5-8,16H,9-13H2,1-4H3. The third-order valence-corrected chi connectivity index (χ3v) is 4.54. The Morgan fingerprint density at radius 1 is 1.30 bits per heavy atom. The van der Waals surface area contributed by atoms with E-state index in [4.69, 9.17) is 0 Å². The molecule has 2 heteroatoms. The molecule has 0 saturated heterocycles. The van der Waals surface area contributed by atoms with Crippen molar-refractivity contribution in [2.45, 2.75) is 46.6 Å². The Morgan fingerprint density at radius 2 is 2.00 bits per heavy atom. The van der Waals surface area contributed by atoms with Gasteiger partial charge in [-0.05, 0) is 43.4 Å². The third-order valence-electron chi connectivity index (χ3n) is 4.54. The minimum atomic E-state index is 0.216. The van der Waals surface area contributed by atoms with Gasteiger partial charge < -0.3 is 4.90 Å². The fourth-order valence-corrected chi connectivity index (χ4v) is 3.23. The van der Waals surface area contributed by atoms with E-state index < -0.39 is 0 Å². The van der Waals surface area contributed by atoms with Crippen LogP contribution in [0.25, 0.3) is 0 Å². The summed E-state index contributed by atoms with van der Waals surface area (Å²) in [6.07, 6.45) is 2.84. The quantitative estimate of drug-likeness (QED) is 0.831. The van der Waals surface area contributed by atoms with E-state index in [1.54, 1.807) is 0 Å². The minimum Gasteiger partial charge on any atom is -0.301 e. The first-order chi connectivity index (χ1) is 9.37. The maximum atomic E-state index is 12.1. The first-order valence-corrected chi connectivity index (χ1v) is 7.63. The van der Waals surface area contributed by atoms with Crippen molar-refractivity contribution in [2.24, 2.45) is 11.3 Å². The number of benzene rings is 1. The molecule has 1 fully saturated rings. The highest BCUT2D eigenvalue weighted by Gasteiger charge is 2.33. The lowest BCUT2D eigenvalue weighted by molar-refractivity contribution is -0.127. The molecule has 1 aromatic carbocycles. The smallest absolute Gasteiger partial charge is 0.137 e. The number of ketones is 1. The van der Waals surface area contributed by atoms with Gasteiger partial charge in [0.15, 0.2) is 0 Å². The van der Waals surface area contributed by atoms with Gasteiger partial charge in [-0.15, -0.1) is 0 Å². The summed E-state index contributed by atoms with van der Waals surface area (Å²) in [5.41, 5.74) is 3.01. The molecule has 0 spiro atoms. The Bertz CT molecular complexity index is 478. The minimum absolute atomic E-state index is 0.216. The lowest BCUT2D eigenvalue weighted by atomic mass is 9.71. The summed E-state index contributed by atoms with van der Waals surface area (Å²) in [7, 11) is 2.13. The van der Waals surface area contributed by atoms with Crippen LogP contribution in [-0.2, 0) is 11.3 Å². The summed E-state index contributed by atoms with van der Waals surface area (Å²) in [6, 6.07) is 8.49. The van der Waals surface area contributed by atoms with Crippen LogP contribution in [0.2, 0.25) is 0 Å². The van der Waals surface area contributed by atoms with Crippen molar-refractivity contribution in [1.29, 1.82) is 0 Å². The normalized spacial score (nSPS) is 22.2. The topological polar surface area (TPSA) is 20.3 Å². The second-order valence-electron chi connectivity index (χ2n) is 7.15. The van der Waals surface area contributed by atoms with Gasteiger partial charge in [0.1, 0.15) is 5.78 Å². The lowest BCUT2D eigenvalue weighted by Gasteiger charge is -2.36. The Hall–Kier alpha value is -1.15. The maximum Gasteiger partial charge on any atom is 0.137 e. The molecular weight excluding hydrogens is 246 g/mol. The second-order valence-corrected chi connectivity index (χ2v) is 7.15. The average Bonchev–Trinajstić information content (AvgIpc) is 2.36. The van der Waals surface area contributed by atoms with E-state index in [0.29, 0.717) is 11.2 Å². The van der Waals surface area contributed by atoms with Crippen LogP contribution in [0.1, 0.15) is 44.2 Å². The summed E-state index contributed by atoms with van der Waals surface area (Å²) in [6.45, 7) is 8.53. The molecule has 0 aliphatic heterocycles. The predicted molar refractivity (Wildman–Crippen MR) is 83.6 cm³/mol. The first kappa shape index (κ1) is 15.2. The van der Waals surface area contributed by atoms with Gasteiger partial charge in [-0.2, -0.15) is 0 Å². The van der Waals surface area contributed by atoms with Gasteiger partial charge in [-0.1, -0.05) is 38.1 Å². The van der Waals surface area contributed by atoms with Gasteiger partial charge in [0, 0.05) is 25.4 Å². The molecule has 0 aromatic heterocycles. The highest BCUT2D eigenvalue weighted by atomic mass is 16.1. The molecule has 1 aliphatic rings. The zero-order valence-electron chi connectivity index (χ0n) is 13.3. The average molecular weight is 273 g/mol. The molecule has 1 unspecified atom stereocenters. The van der Waals surface area contributed by atoms with Crippen LogP contribution in [0.5, 0.6) is 0 Å². The Morgan fingerprint density at radius 3 is 2.70 bits per heavy atom. The SMILES string of the molecule is Cc1ccccc1CN(C)CC1CC(C)(C)CCC1=O. The maximum absolute atomic E-state index is 12.1. The molecule has 0 amide bonds. The van der Waals surface area contributed by atoms with Gasteiger partial charge in [-0.3, -0.25) is 4.79 Å². The van der Waals surface area contributed by atoms with Crippen molar-refractivity contribution in [3.63, 3.8) is 0 Å². The molecule has 1 aliphatic carbocycles. The molecule has 110 valence electrons. The highest BCUT2D eigenvalue weighted by Crippen LogP contribution is 2.37. The summed E-state index contributed by atoms with van der Waals surface area (Å²) < 4.78 is 0. The number of nitrogens with zero attached hydrogens (tertiary/aromatic N) is 1. The number of carbonyl (C=O) groups excluding carboxylic acids is 1. The number of Topliss-reactive ketones (excluding diaryl/α,β-unsaturated/α-hetero) is 1. The summed E-state index contributed by atoms with van der Waals surface area (Å²) in [5.74, 6) is 0.675. The Kier molecular flexibility index (Phi) is 4.64. The van der Waals surface area contributed by atoms with E-state index in [1.807, 2.05) is 0 Å². The fourth-order valence-electron chi connectivity index (χ4n) is 3.23. The molecule has 1 saturated carbocycles. The molecule has 2 nitrogen and oxygen atoms in total. The third kappa shape index (κ3) is 3.92. The molecule has 0 radical (unpaired) electrons. The van der Waals surface area contributed by atoms with Crippen LogP contribution in [-0.4, -0.2) is 24.3 Å². The van der Waals surface area contributed by atoms with Gasteiger partial charge in [0.05, 0.1) is 0 Å². The van der Waals surface area contributed by atoms with Crippen LogP contribution >= 0.6 is 0 Å². The molecule has 20 heavy (non-hydrogen) atoms. The number of hydrogen-bond donors (Lipinski definition) is 0. The number of hydrogen-bond acceptors (Lipinski definition) is 2. The molecule has 2 rings (SSSR count). The number of carbonyl (C=O) groups is 1. The first-order valence-electron chi connectivity index (χ1n) is 7.63. The van der Waals surface area contributed by atoms with E-state index in [0.717, 1.165) is 32.4 Å². The van der Waals surface area contributed by atoms with E-state index in [1.165, 1.54) is 11.1 Å². The highest BCUT2D eigenvalue weighted by molar-refractivity contribution is 5.82. The molecular formula is C18H27NO. The Balaban J connectivity index is 1.95. The van der Waals surface area contributed by atoms with Crippen molar-refractivity contribution in [1.82, 2.24) is 4.90 Å². The fraction of sp³-hybridized carbons (Fsp3) is 0.611. The number of rotatable bonds is 4. The summed E-state index contributed by atoms with van der Waals surface area (Å²) >= 11 is 0. The van der Waals surface area contributed by atoms with E-state index >= 15 is 0 Å². The van der Waals surface area contributed by atoms with Crippen molar-refractivity contribution in [3.05, 3.63) is 35.4 Å². The molecule has 1 aromatic rings. The van der Waals surface area contributed by atoms with Crippen molar-refractivity contribution in [3.8, 4) is 0 Å². The largest absolute Gasteiger partial charge is 0.301 e. The van der Waals surface area contributed by atoms with Crippen LogP contribution in [0.3, 0.4) is 0 Å². The van der Waals surface area contributed by atoms with Crippen molar-refractivity contribution < 1.29 is 4.79 Å². The monoisotopic (exact) mass is 273 g/mol. The van der Waals surface area contributed by atoms with Crippen LogP contribution in [0.4, 0.5) is 0 Å². The van der Waals surface area contributed by atoms with Crippen molar-refractivity contribution in [2.75, 3.05) is 13.6 Å². The van der Waals surface area contributed by atoms with Gasteiger partial charge in [0.25, 0.3) is 0 Å². The summed E-state index contributed by atoms with van der Waals surface area (Å²) in [5, 5.41) is 0. The molecule has 1 atom stereocenters. The second kappa shape index (κ2) is 6.09. The van der Waals surface area contributed by atoms with Crippen LogP contribution < -0.4 is 0 Å². The summed E-state index contributed by atoms with van der Waals surface area (Å²) in [4.78, 5) is 14.4. The molecule has 0 N–H and O–H groups in total. The van der Waals surface area contributed by atoms with Crippen molar-refractivity contribution >= 4 is 5.78 Å². The number of aryl methyl sites for hydroxylation is 1. The zero-order chi connectivity index (χ0) is 14.8. The van der Waals surface area contributed by atoms with Gasteiger partial charge in [0.2, 0.25) is 0 Å². The van der Waals surface area contributed by atoms with E-state index in [-0.39, 0.29) is 5.92 Å². The van der Waals surface area contributed by atoms with E-state index in [9.17, 15) is 4.79 Å². The Labute approximate surface area is 123 Å².